The summed E-state index contributed by atoms with van der Waals surface area (Å²) in [5, 5.41) is 4.09. The highest BCUT2D eigenvalue weighted by atomic mass is 32.3. The molecule has 2 aromatic rings. The van der Waals surface area contributed by atoms with Crippen molar-refractivity contribution in [3.8, 4) is 5.75 Å². The first kappa shape index (κ1) is 16.8. The third-order valence-corrected chi connectivity index (χ3v) is 2.38. The second-order valence-electron chi connectivity index (χ2n) is 3.94. The molecule has 0 aliphatic heterocycles. The van der Waals surface area contributed by atoms with Crippen LogP contribution >= 0.6 is 0 Å². The third-order valence-electron chi connectivity index (χ3n) is 2.38. The van der Waals surface area contributed by atoms with Gasteiger partial charge >= 0.3 is 10.4 Å². The molecule has 0 amide bonds. The van der Waals surface area contributed by atoms with E-state index in [0.29, 0.717) is 18.1 Å². The fourth-order valence-electron chi connectivity index (χ4n) is 1.48. The quantitative estimate of drug-likeness (QED) is 0.595. The van der Waals surface area contributed by atoms with E-state index in [1.807, 2.05) is 24.3 Å². The Morgan fingerprint density at radius 1 is 1.33 bits per heavy atom. The number of hydrogen-bond acceptors (Lipinski definition) is 6. The monoisotopic (exact) mass is 316 g/mol. The van der Waals surface area contributed by atoms with Crippen molar-refractivity contribution in [3.63, 3.8) is 0 Å². The number of nitrogens with zero attached hydrogens (tertiary/aromatic N) is 2. The molecule has 0 unspecified atom stereocenters. The zero-order valence-corrected chi connectivity index (χ0v) is 12.0. The molecule has 1 aromatic carbocycles. The van der Waals surface area contributed by atoms with Crippen molar-refractivity contribution >= 4 is 21.9 Å². The average Bonchev–Trinajstić information content (AvgIpc) is 2.69. The van der Waals surface area contributed by atoms with Crippen molar-refractivity contribution in [1.29, 1.82) is 0 Å². The number of nitrogen functional groups attached to an aromatic ring is 2. The molecule has 0 aliphatic rings. The Morgan fingerprint density at radius 3 is 2.43 bits per heavy atom. The largest absolute Gasteiger partial charge is 0.497 e. The molecule has 0 fully saturated rings. The van der Waals surface area contributed by atoms with E-state index < -0.39 is 10.4 Å². The third kappa shape index (κ3) is 6.12. The molecule has 0 atom stereocenters. The fourth-order valence-corrected chi connectivity index (χ4v) is 1.48. The van der Waals surface area contributed by atoms with Gasteiger partial charge in [-0.1, -0.05) is 12.1 Å². The van der Waals surface area contributed by atoms with E-state index in [-0.39, 0.29) is 0 Å². The summed E-state index contributed by atoms with van der Waals surface area (Å²) in [6.07, 6.45) is 1.55. The lowest BCUT2D eigenvalue weighted by Gasteiger charge is -2.06. The first-order chi connectivity index (χ1) is 9.70. The van der Waals surface area contributed by atoms with Gasteiger partial charge < -0.3 is 16.2 Å². The topological polar surface area (TPSA) is 154 Å². The summed E-state index contributed by atoms with van der Waals surface area (Å²) < 4.78 is 38.4. The molecule has 10 heteroatoms. The zero-order valence-electron chi connectivity index (χ0n) is 11.2. The highest BCUT2D eigenvalue weighted by Gasteiger charge is 2.04. The summed E-state index contributed by atoms with van der Waals surface area (Å²) in [4.78, 5) is 0. The molecule has 6 N–H and O–H groups in total. The first-order valence-electron chi connectivity index (χ1n) is 5.60. The maximum absolute atomic E-state index is 8.74. The minimum atomic E-state index is -4.67. The molecule has 2 rings (SSSR count). The predicted octanol–water partition coefficient (Wildman–Crippen LogP) is 0.452. The summed E-state index contributed by atoms with van der Waals surface area (Å²) in [6, 6.07) is 7.75. The molecule has 9 nitrogen and oxygen atoms in total. The van der Waals surface area contributed by atoms with Crippen molar-refractivity contribution in [2.24, 2.45) is 0 Å². The van der Waals surface area contributed by atoms with Crippen LogP contribution in [0.3, 0.4) is 0 Å². The van der Waals surface area contributed by atoms with E-state index >= 15 is 0 Å². The second kappa shape index (κ2) is 6.92. The van der Waals surface area contributed by atoms with Crippen LogP contribution in [0.2, 0.25) is 0 Å². The van der Waals surface area contributed by atoms with Gasteiger partial charge in [0.25, 0.3) is 0 Å². The number of benzene rings is 1. The summed E-state index contributed by atoms with van der Waals surface area (Å²) in [5.41, 5.74) is 12.9. The van der Waals surface area contributed by atoms with Crippen LogP contribution < -0.4 is 16.2 Å². The van der Waals surface area contributed by atoms with Gasteiger partial charge in [0.1, 0.15) is 11.6 Å². The van der Waals surface area contributed by atoms with Crippen LogP contribution in [0.4, 0.5) is 11.5 Å². The van der Waals surface area contributed by atoms with Crippen LogP contribution in [0.15, 0.2) is 30.5 Å². The first-order valence-corrected chi connectivity index (χ1v) is 7.00. The summed E-state index contributed by atoms with van der Waals surface area (Å²) in [6.45, 7) is 0.584. The van der Waals surface area contributed by atoms with Gasteiger partial charge in [-0.25, -0.2) is 4.68 Å². The Kier molecular flexibility index (Phi) is 5.52. The Hall–Kier alpha value is -2.30. The molecule has 21 heavy (non-hydrogen) atoms. The van der Waals surface area contributed by atoms with Gasteiger partial charge in [0.05, 0.1) is 25.5 Å². The maximum atomic E-state index is 8.74. The Bertz CT molecular complexity index is 690. The van der Waals surface area contributed by atoms with Crippen LogP contribution in [0.1, 0.15) is 5.56 Å². The Balaban J connectivity index is 0.000000383. The highest BCUT2D eigenvalue weighted by molar-refractivity contribution is 7.79. The van der Waals surface area contributed by atoms with Gasteiger partial charge in [0, 0.05) is 0 Å². The summed E-state index contributed by atoms with van der Waals surface area (Å²) >= 11 is 0. The molecule has 0 bridgehead atoms. The van der Waals surface area contributed by atoms with E-state index in [2.05, 4.69) is 5.10 Å². The van der Waals surface area contributed by atoms with Crippen LogP contribution in [0.5, 0.6) is 5.75 Å². The number of aromatic nitrogens is 2. The van der Waals surface area contributed by atoms with Crippen LogP contribution in [-0.4, -0.2) is 34.4 Å². The van der Waals surface area contributed by atoms with Crippen LogP contribution in [-0.2, 0) is 16.9 Å². The second-order valence-corrected chi connectivity index (χ2v) is 4.84. The van der Waals surface area contributed by atoms with Gasteiger partial charge in [-0.05, 0) is 17.7 Å². The Morgan fingerprint density at radius 2 is 1.95 bits per heavy atom. The van der Waals surface area contributed by atoms with E-state index in [9.17, 15) is 0 Å². The molecule has 1 heterocycles. The van der Waals surface area contributed by atoms with Crippen molar-refractivity contribution < 1.29 is 22.3 Å². The SMILES string of the molecule is COc1cccc(Cn2ncc(N)c2N)c1.O=S(=O)(O)O. The van der Waals surface area contributed by atoms with Crippen molar-refractivity contribution in [2.75, 3.05) is 18.6 Å². The van der Waals surface area contributed by atoms with Crippen molar-refractivity contribution in [3.05, 3.63) is 36.0 Å². The smallest absolute Gasteiger partial charge is 0.394 e. The van der Waals surface area contributed by atoms with Crippen molar-refractivity contribution in [1.82, 2.24) is 9.78 Å². The molecule has 116 valence electrons. The highest BCUT2D eigenvalue weighted by Crippen LogP contribution is 2.17. The summed E-state index contributed by atoms with van der Waals surface area (Å²) in [5.74, 6) is 1.30. The number of anilines is 2. The number of methoxy groups -OCH3 is 1. The lowest BCUT2D eigenvalue weighted by Crippen LogP contribution is -2.06. The number of rotatable bonds is 3. The molecule has 0 saturated carbocycles. The predicted molar refractivity (Wildman–Crippen MR) is 77.3 cm³/mol. The van der Waals surface area contributed by atoms with E-state index in [1.54, 1.807) is 18.0 Å². The van der Waals surface area contributed by atoms with Gasteiger partial charge in [-0.2, -0.15) is 13.5 Å². The van der Waals surface area contributed by atoms with E-state index in [4.69, 9.17) is 33.7 Å². The summed E-state index contributed by atoms with van der Waals surface area (Å²) in [7, 11) is -3.03. The molecular weight excluding hydrogens is 300 g/mol. The lowest BCUT2D eigenvalue weighted by molar-refractivity contribution is 0.381. The maximum Gasteiger partial charge on any atom is 0.394 e. The molecule has 1 aromatic heterocycles. The average molecular weight is 316 g/mol. The molecule has 0 radical (unpaired) electrons. The standard InChI is InChI=1S/C11H14N4O.H2O4S/c1-16-9-4-2-3-8(5-9)7-15-11(13)10(12)6-14-15;1-5(2,3)4/h2-6H,7,12-13H2,1H3;(H2,1,2,3,4). The van der Waals surface area contributed by atoms with Gasteiger partial charge in [-0.15, -0.1) is 0 Å². The zero-order chi connectivity index (χ0) is 16.0. The van der Waals surface area contributed by atoms with Crippen LogP contribution in [0.25, 0.3) is 0 Å². The molecule has 0 aliphatic carbocycles. The van der Waals surface area contributed by atoms with Gasteiger partial charge in [-0.3, -0.25) is 9.11 Å². The number of hydrogen-bond donors (Lipinski definition) is 4. The molecule has 0 saturated heterocycles. The molecular formula is C11H16N4O5S. The minimum Gasteiger partial charge on any atom is -0.497 e. The number of ether oxygens (including phenoxy) is 1. The molecule has 0 spiro atoms. The van der Waals surface area contributed by atoms with E-state index in [0.717, 1.165) is 11.3 Å². The number of nitrogens with two attached hydrogens (primary N) is 2. The minimum absolute atomic E-state index is 0.489. The van der Waals surface area contributed by atoms with Crippen LogP contribution in [0, 0.1) is 0 Å². The Labute approximate surface area is 121 Å². The van der Waals surface area contributed by atoms with Gasteiger partial charge in [0.2, 0.25) is 0 Å². The lowest BCUT2D eigenvalue weighted by atomic mass is 10.2. The fraction of sp³-hybridized carbons (Fsp3) is 0.182. The van der Waals surface area contributed by atoms with Gasteiger partial charge in [0.15, 0.2) is 0 Å². The normalized spacial score (nSPS) is 10.6. The van der Waals surface area contributed by atoms with E-state index in [1.165, 1.54) is 0 Å². The van der Waals surface area contributed by atoms with Crippen molar-refractivity contribution in [2.45, 2.75) is 6.54 Å².